The summed E-state index contributed by atoms with van der Waals surface area (Å²) in [6.07, 6.45) is 6.00. The molecule has 0 bridgehead atoms. The van der Waals surface area contributed by atoms with E-state index in [0.717, 1.165) is 24.3 Å². The van der Waals surface area contributed by atoms with E-state index in [0.29, 0.717) is 12.5 Å². The van der Waals surface area contributed by atoms with Gasteiger partial charge < -0.3 is 15.2 Å². The molecule has 1 aromatic rings. The zero-order valence-corrected chi connectivity index (χ0v) is 12.5. The third-order valence-electron chi connectivity index (χ3n) is 4.48. The highest BCUT2D eigenvalue weighted by Crippen LogP contribution is 2.43. The van der Waals surface area contributed by atoms with Crippen LogP contribution in [0.5, 0.6) is 11.5 Å². The van der Waals surface area contributed by atoms with E-state index in [4.69, 9.17) is 15.2 Å². The molecule has 0 saturated heterocycles. The van der Waals surface area contributed by atoms with Gasteiger partial charge in [-0.25, -0.2) is 0 Å². The average molecular weight is 275 g/mol. The number of benzene rings is 1. The summed E-state index contributed by atoms with van der Waals surface area (Å²) in [6, 6.07) is 6.24. The van der Waals surface area contributed by atoms with Gasteiger partial charge in [0.1, 0.15) is 11.7 Å². The Morgan fingerprint density at radius 1 is 1.30 bits per heavy atom. The molecule has 2 aliphatic rings. The second-order valence-electron chi connectivity index (χ2n) is 6.72. The Morgan fingerprint density at radius 2 is 2.10 bits per heavy atom. The minimum Gasteiger partial charge on any atom is -0.486 e. The summed E-state index contributed by atoms with van der Waals surface area (Å²) >= 11 is 0. The number of para-hydroxylation sites is 1. The fourth-order valence-corrected chi connectivity index (χ4v) is 3.44. The lowest BCUT2D eigenvalue weighted by Gasteiger charge is -2.31. The second-order valence-corrected chi connectivity index (χ2v) is 6.72. The van der Waals surface area contributed by atoms with Crippen LogP contribution in [0.15, 0.2) is 18.2 Å². The van der Waals surface area contributed by atoms with Crippen molar-refractivity contribution in [3.63, 3.8) is 0 Å². The van der Waals surface area contributed by atoms with Gasteiger partial charge in [0.2, 0.25) is 0 Å². The Kier molecular flexibility index (Phi) is 3.63. The summed E-state index contributed by atoms with van der Waals surface area (Å²) in [5, 5.41) is 0. The minimum atomic E-state index is -0.123. The van der Waals surface area contributed by atoms with Gasteiger partial charge in [0.15, 0.2) is 11.5 Å². The average Bonchev–Trinajstić information content (AvgIpc) is 2.74. The molecule has 1 heterocycles. The lowest BCUT2D eigenvalue weighted by molar-refractivity contribution is 0.0840. The van der Waals surface area contributed by atoms with Crippen molar-refractivity contribution < 1.29 is 9.47 Å². The smallest absolute Gasteiger partial charge is 0.165 e. The number of fused-ring (bicyclic) bond motifs is 1. The Hall–Kier alpha value is -1.22. The van der Waals surface area contributed by atoms with Crippen LogP contribution in [0.25, 0.3) is 0 Å². The quantitative estimate of drug-likeness (QED) is 0.920. The Labute approximate surface area is 121 Å². The predicted molar refractivity (Wildman–Crippen MR) is 80.3 cm³/mol. The van der Waals surface area contributed by atoms with Crippen molar-refractivity contribution >= 4 is 0 Å². The van der Waals surface area contributed by atoms with Crippen molar-refractivity contribution in [2.45, 2.75) is 57.7 Å². The molecule has 1 saturated carbocycles. The first kappa shape index (κ1) is 13.7. The Morgan fingerprint density at radius 3 is 2.90 bits per heavy atom. The maximum absolute atomic E-state index is 6.29. The molecule has 1 aliphatic heterocycles. The molecule has 110 valence electrons. The van der Waals surface area contributed by atoms with Crippen molar-refractivity contribution in [2.24, 2.45) is 11.7 Å². The molecule has 20 heavy (non-hydrogen) atoms. The Bertz CT molecular complexity index is 484. The van der Waals surface area contributed by atoms with Crippen molar-refractivity contribution in [2.75, 3.05) is 6.54 Å². The van der Waals surface area contributed by atoms with Gasteiger partial charge >= 0.3 is 0 Å². The Balaban J connectivity index is 1.80. The molecule has 0 amide bonds. The lowest BCUT2D eigenvalue weighted by atomic mass is 9.86. The van der Waals surface area contributed by atoms with Crippen LogP contribution >= 0.6 is 0 Å². The van der Waals surface area contributed by atoms with Gasteiger partial charge in [-0.15, -0.1) is 0 Å². The largest absolute Gasteiger partial charge is 0.486 e. The molecular weight excluding hydrogens is 250 g/mol. The standard InChI is InChI=1S/C17H25NO2/c1-17(2)10-12-7-5-9-15(16(12)20-17)19-14-8-4-3-6-13(14)11-18/h5,7,9,13-14H,3-4,6,8,10-11,18H2,1-2H3. The number of hydrogen-bond acceptors (Lipinski definition) is 3. The van der Waals surface area contributed by atoms with Crippen molar-refractivity contribution in [3.8, 4) is 11.5 Å². The topological polar surface area (TPSA) is 44.5 Å². The van der Waals surface area contributed by atoms with Crippen LogP contribution in [-0.2, 0) is 6.42 Å². The van der Waals surface area contributed by atoms with Crippen LogP contribution in [0, 0.1) is 5.92 Å². The molecule has 0 radical (unpaired) electrons. The first-order valence-corrected chi connectivity index (χ1v) is 7.77. The second kappa shape index (κ2) is 5.28. The summed E-state index contributed by atoms with van der Waals surface area (Å²) in [5.74, 6) is 2.33. The highest BCUT2D eigenvalue weighted by atomic mass is 16.5. The normalized spacial score (nSPS) is 27.8. The number of rotatable bonds is 3. The molecule has 1 aromatic carbocycles. The number of ether oxygens (including phenoxy) is 2. The highest BCUT2D eigenvalue weighted by molar-refractivity contribution is 5.50. The van der Waals surface area contributed by atoms with Crippen LogP contribution in [0.2, 0.25) is 0 Å². The molecule has 3 rings (SSSR count). The third-order valence-corrected chi connectivity index (χ3v) is 4.48. The van der Waals surface area contributed by atoms with Gasteiger partial charge in [0.25, 0.3) is 0 Å². The van der Waals surface area contributed by atoms with Crippen molar-refractivity contribution in [1.29, 1.82) is 0 Å². The van der Waals surface area contributed by atoms with Crippen molar-refractivity contribution in [1.82, 2.24) is 0 Å². The fourth-order valence-electron chi connectivity index (χ4n) is 3.44. The van der Waals surface area contributed by atoms with E-state index in [1.165, 1.54) is 24.8 Å². The monoisotopic (exact) mass is 275 g/mol. The SMILES string of the molecule is CC1(C)Cc2cccc(OC3CCCCC3CN)c2O1. The van der Waals surface area contributed by atoms with E-state index in [9.17, 15) is 0 Å². The molecule has 1 aliphatic carbocycles. The van der Waals surface area contributed by atoms with Gasteiger partial charge in [-0.3, -0.25) is 0 Å². The lowest BCUT2D eigenvalue weighted by Crippen LogP contribution is -2.35. The summed E-state index contributed by atoms with van der Waals surface area (Å²) in [7, 11) is 0. The van der Waals surface area contributed by atoms with Gasteiger partial charge in [-0.05, 0) is 45.7 Å². The predicted octanol–water partition coefficient (Wildman–Crippen LogP) is 3.30. The summed E-state index contributed by atoms with van der Waals surface area (Å²) in [4.78, 5) is 0. The molecule has 3 heteroatoms. The van der Waals surface area contributed by atoms with Gasteiger partial charge in [0.05, 0.1) is 0 Å². The van der Waals surface area contributed by atoms with Crippen LogP contribution in [0.3, 0.4) is 0 Å². The highest BCUT2D eigenvalue weighted by Gasteiger charge is 2.34. The summed E-state index contributed by atoms with van der Waals surface area (Å²) in [6.45, 7) is 4.96. The fraction of sp³-hybridized carbons (Fsp3) is 0.647. The molecule has 0 aromatic heterocycles. The van der Waals surface area contributed by atoms with Gasteiger partial charge in [-0.2, -0.15) is 0 Å². The van der Waals surface area contributed by atoms with Gasteiger partial charge in [0, 0.05) is 17.9 Å². The molecule has 0 spiro atoms. The van der Waals surface area contributed by atoms with Crippen LogP contribution in [0.1, 0.15) is 45.1 Å². The van der Waals surface area contributed by atoms with Gasteiger partial charge in [-0.1, -0.05) is 18.6 Å². The number of nitrogens with two attached hydrogens (primary N) is 1. The zero-order chi connectivity index (χ0) is 14.2. The minimum absolute atomic E-state index is 0.123. The molecule has 2 N–H and O–H groups in total. The molecule has 2 atom stereocenters. The first-order valence-electron chi connectivity index (χ1n) is 7.77. The van der Waals surface area contributed by atoms with Crippen LogP contribution < -0.4 is 15.2 Å². The van der Waals surface area contributed by atoms with Crippen LogP contribution in [-0.4, -0.2) is 18.2 Å². The van der Waals surface area contributed by atoms with Crippen molar-refractivity contribution in [3.05, 3.63) is 23.8 Å². The summed E-state index contributed by atoms with van der Waals surface area (Å²) < 4.78 is 12.4. The zero-order valence-electron chi connectivity index (χ0n) is 12.5. The van der Waals surface area contributed by atoms with E-state index >= 15 is 0 Å². The molecule has 3 nitrogen and oxygen atoms in total. The molecular formula is C17H25NO2. The number of hydrogen-bond donors (Lipinski definition) is 1. The van der Waals surface area contributed by atoms with E-state index in [-0.39, 0.29) is 11.7 Å². The maximum atomic E-state index is 6.29. The van der Waals surface area contributed by atoms with E-state index in [2.05, 4.69) is 26.0 Å². The van der Waals surface area contributed by atoms with E-state index in [1.807, 2.05) is 6.07 Å². The van der Waals surface area contributed by atoms with E-state index < -0.39 is 0 Å². The molecule has 1 fully saturated rings. The maximum Gasteiger partial charge on any atom is 0.165 e. The summed E-state index contributed by atoms with van der Waals surface area (Å²) in [5.41, 5.74) is 7.03. The third kappa shape index (κ3) is 2.64. The van der Waals surface area contributed by atoms with Crippen LogP contribution in [0.4, 0.5) is 0 Å². The first-order chi connectivity index (χ1) is 9.59. The molecule has 2 unspecified atom stereocenters. The van der Waals surface area contributed by atoms with E-state index in [1.54, 1.807) is 0 Å².